The van der Waals surface area contributed by atoms with Crippen molar-refractivity contribution in [3.63, 3.8) is 0 Å². The average molecular weight is 350 g/mol. The predicted octanol–water partition coefficient (Wildman–Crippen LogP) is 2.82. The van der Waals surface area contributed by atoms with Gasteiger partial charge in [0.15, 0.2) is 5.82 Å². The SMILES string of the molecule is Cc1nc(CC2CCN(C(=O)NCc3cc(F)cc(F)c3)CC2)no1. The number of rotatable bonds is 4. The molecule has 25 heavy (non-hydrogen) atoms. The number of hydrogen-bond acceptors (Lipinski definition) is 4. The van der Waals surface area contributed by atoms with Crippen LogP contribution in [0.3, 0.4) is 0 Å². The molecule has 1 N–H and O–H groups in total. The molecule has 2 aromatic rings. The Bertz CT molecular complexity index is 722. The minimum atomic E-state index is -0.651. The molecule has 1 fully saturated rings. The molecule has 1 aromatic carbocycles. The lowest BCUT2D eigenvalue weighted by Crippen LogP contribution is -2.44. The number of halogens is 2. The van der Waals surface area contributed by atoms with Gasteiger partial charge in [0.05, 0.1) is 0 Å². The Morgan fingerprint density at radius 1 is 1.28 bits per heavy atom. The largest absolute Gasteiger partial charge is 0.340 e. The maximum Gasteiger partial charge on any atom is 0.317 e. The number of carbonyl (C=O) groups excluding carboxylic acids is 1. The maximum absolute atomic E-state index is 13.2. The molecule has 0 unspecified atom stereocenters. The van der Waals surface area contributed by atoms with Gasteiger partial charge in [0, 0.05) is 39.0 Å². The number of carbonyl (C=O) groups is 1. The van der Waals surface area contributed by atoms with Crippen LogP contribution in [0.2, 0.25) is 0 Å². The molecule has 0 atom stereocenters. The summed E-state index contributed by atoms with van der Waals surface area (Å²) in [5, 5.41) is 6.61. The fourth-order valence-corrected chi connectivity index (χ4v) is 3.03. The molecule has 8 heteroatoms. The van der Waals surface area contributed by atoms with Gasteiger partial charge in [0.1, 0.15) is 11.6 Å². The Morgan fingerprint density at radius 3 is 2.56 bits per heavy atom. The molecule has 1 aliphatic heterocycles. The number of amides is 2. The van der Waals surface area contributed by atoms with Crippen LogP contribution in [0.4, 0.5) is 13.6 Å². The summed E-state index contributed by atoms with van der Waals surface area (Å²) in [7, 11) is 0. The van der Waals surface area contributed by atoms with Gasteiger partial charge in [-0.15, -0.1) is 0 Å². The van der Waals surface area contributed by atoms with Gasteiger partial charge >= 0.3 is 6.03 Å². The molecule has 0 radical (unpaired) electrons. The molecule has 1 aromatic heterocycles. The number of aryl methyl sites for hydroxylation is 1. The molecular weight excluding hydrogens is 330 g/mol. The van der Waals surface area contributed by atoms with E-state index < -0.39 is 11.6 Å². The number of nitrogens with zero attached hydrogens (tertiary/aromatic N) is 3. The monoisotopic (exact) mass is 350 g/mol. The van der Waals surface area contributed by atoms with E-state index in [9.17, 15) is 13.6 Å². The lowest BCUT2D eigenvalue weighted by molar-refractivity contribution is 0.169. The smallest absolute Gasteiger partial charge is 0.317 e. The van der Waals surface area contributed by atoms with E-state index in [1.165, 1.54) is 12.1 Å². The van der Waals surface area contributed by atoms with Gasteiger partial charge in [0.25, 0.3) is 0 Å². The van der Waals surface area contributed by atoms with Crippen LogP contribution in [0.25, 0.3) is 0 Å². The normalized spacial score (nSPS) is 15.4. The molecule has 0 saturated carbocycles. The summed E-state index contributed by atoms with van der Waals surface area (Å²) in [6.45, 7) is 3.11. The number of aromatic nitrogens is 2. The first kappa shape index (κ1) is 17.3. The number of likely N-dealkylation sites (tertiary alicyclic amines) is 1. The lowest BCUT2D eigenvalue weighted by atomic mass is 9.93. The van der Waals surface area contributed by atoms with Crippen LogP contribution >= 0.6 is 0 Å². The van der Waals surface area contributed by atoms with Gasteiger partial charge in [-0.05, 0) is 36.5 Å². The number of piperidine rings is 1. The fraction of sp³-hybridized carbons (Fsp3) is 0.471. The van der Waals surface area contributed by atoms with Crippen molar-refractivity contribution in [2.24, 2.45) is 5.92 Å². The zero-order valence-electron chi connectivity index (χ0n) is 14.0. The highest BCUT2D eigenvalue weighted by molar-refractivity contribution is 5.74. The van der Waals surface area contributed by atoms with E-state index in [0.717, 1.165) is 25.3 Å². The Kier molecular flexibility index (Phi) is 5.25. The highest BCUT2D eigenvalue weighted by atomic mass is 19.1. The summed E-state index contributed by atoms with van der Waals surface area (Å²) in [6, 6.07) is 3.00. The number of nitrogens with one attached hydrogen (secondary N) is 1. The summed E-state index contributed by atoms with van der Waals surface area (Å²) in [6.07, 6.45) is 2.46. The number of hydrogen-bond donors (Lipinski definition) is 1. The van der Waals surface area contributed by atoms with Crippen molar-refractivity contribution in [3.8, 4) is 0 Å². The van der Waals surface area contributed by atoms with Gasteiger partial charge < -0.3 is 14.7 Å². The quantitative estimate of drug-likeness (QED) is 0.920. The fourth-order valence-electron chi connectivity index (χ4n) is 3.03. The second kappa shape index (κ2) is 7.58. The van der Waals surface area contributed by atoms with Crippen LogP contribution in [0.1, 0.15) is 30.1 Å². The van der Waals surface area contributed by atoms with Crippen LogP contribution in [0.15, 0.2) is 22.7 Å². The van der Waals surface area contributed by atoms with Crippen molar-refractivity contribution in [1.29, 1.82) is 0 Å². The minimum Gasteiger partial charge on any atom is -0.340 e. The first-order valence-electron chi connectivity index (χ1n) is 8.26. The first-order chi connectivity index (χ1) is 12.0. The van der Waals surface area contributed by atoms with Crippen LogP contribution < -0.4 is 5.32 Å². The molecule has 2 amide bonds. The average Bonchev–Trinajstić information content (AvgIpc) is 2.97. The molecule has 2 heterocycles. The Hall–Kier alpha value is -2.51. The highest BCUT2D eigenvalue weighted by Gasteiger charge is 2.24. The van der Waals surface area contributed by atoms with Crippen molar-refractivity contribution in [1.82, 2.24) is 20.4 Å². The van der Waals surface area contributed by atoms with E-state index in [1.807, 2.05) is 0 Å². The first-order valence-corrected chi connectivity index (χ1v) is 8.26. The van der Waals surface area contributed by atoms with Crippen LogP contribution in [0.5, 0.6) is 0 Å². The summed E-state index contributed by atoms with van der Waals surface area (Å²) >= 11 is 0. The van der Waals surface area contributed by atoms with Crippen LogP contribution in [0, 0.1) is 24.5 Å². The van der Waals surface area contributed by atoms with Crippen molar-refractivity contribution >= 4 is 6.03 Å². The van der Waals surface area contributed by atoms with E-state index in [4.69, 9.17) is 4.52 Å². The third kappa shape index (κ3) is 4.74. The third-order valence-corrected chi connectivity index (χ3v) is 4.31. The van der Waals surface area contributed by atoms with Crippen molar-refractivity contribution in [2.45, 2.75) is 32.7 Å². The topological polar surface area (TPSA) is 71.3 Å². The third-order valence-electron chi connectivity index (χ3n) is 4.31. The predicted molar refractivity (Wildman–Crippen MR) is 85.6 cm³/mol. The van der Waals surface area contributed by atoms with Gasteiger partial charge in [-0.3, -0.25) is 0 Å². The molecule has 1 saturated heterocycles. The molecule has 1 aliphatic rings. The second-order valence-electron chi connectivity index (χ2n) is 6.30. The molecule has 3 rings (SSSR count). The molecule has 0 aliphatic carbocycles. The van der Waals surface area contributed by atoms with Crippen molar-refractivity contribution in [3.05, 3.63) is 47.1 Å². The van der Waals surface area contributed by atoms with E-state index in [1.54, 1.807) is 11.8 Å². The Labute approximate surface area is 144 Å². The lowest BCUT2D eigenvalue weighted by Gasteiger charge is -2.31. The standard InChI is InChI=1S/C17H20F2N4O2/c1-11-21-16(22-25-11)8-12-2-4-23(5-3-12)17(24)20-10-13-6-14(18)9-15(19)7-13/h6-7,9,12H,2-5,8,10H2,1H3,(H,20,24). The maximum atomic E-state index is 13.2. The zero-order chi connectivity index (χ0) is 17.8. The van der Waals surface area contributed by atoms with Crippen molar-refractivity contribution in [2.75, 3.05) is 13.1 Å². The summed E-state index contributed by atoms with van der Waals surface area (Å²) in [5.74, 6) is 0.371. The zero-order valence-corrected chi connectivity index (χ0v) is 14.0. The summed E-state index contributed by atoms with van der Waals surface area (Å²) < 4.78 is 31.3. The molecule has 134 valence electrons. The van der Waals surface area contributed by atoms with Crippen LogP contribution in [-0.2, 0) is 13.0 Å². The van der Waals surface area contributed by atoms with E-state index in [0.29, 0.717) is 36.3 Å². The molecule has 6 nitrogen and oxygen atoms in total. The Balaban J connectivity index is 1.45. The van der Waals surface area contributed by atoms with Crippen LogP contribution in [-0.4, -0.2) is 34.2 Å². The van der Waals surface area contributed by atoms with E-state index in [2.05, 4.69) is 15.5 Å². The van der Waals surface area contributed by atoms with Gasteiger partial charge in [-0.1, -0.05) is 5.16 Å². The van der Waals surface area contributed by atoms with Gasteiger partial charge in [0.2, 0.25) is 5.89 Å². The molecule has 0 spiro atoms. The van der Waals surface area contributed by atoms with Crippen molar-refractivity contribution < 1.29 is 18.1 Å². The Morgan fingerprint density at radius 2 is 1.96 bits per heavy atom. The molecule has 0 bridgehead atoms. The number of urea groups is 1. The van der Waals surface area contributed by atoms with E-state index in [-0.39, 0.29) is 12.6 Å². The molecular formula is C17H20F2N4O2. The minimum absolute atomic E-state index is 0.0928. The highest BCUT2D eigenvalue weighted by Crippen LogP contribution is 2.20. The number of benzene rings is 1. The van der Waals surface area contributed by atoms with Gasteiger partial charge in [-0.2, -0.15) is 4.98 Å². The summed E-state index contributed by atoms with van der Waals surface area (Å²) in [4.78, 5) is 18.1. The second-order valence-corrected chi connectivity index (χ2v) is 6.30. The summed E-state index contributed by atoms with van der Waals surface area (Å²) in [5.41, 5.74) is 0.396. The van der Waals surface area contributed by atoms with E-state index >= 15 is 0 Å². The van der Waals surface area contributed by atoms with Gasteiger partial charge in [-0.25, -0.2) is 13.6 Å².